The fourth-order valence-corrected chi connectivity index (χ4v) is 4.62. The van der Waals surface area contributed by atoms with E-state index in [1.54, 1.807) is 24.3 Å². The van der Waals surface area contributed by atoms with Gasteiger partial charge in [0.1, 0.15) is 5.75 Å². The largest absolute Gasteiger partial charge is 0.512 e. The summed E-state index contributed by atoms with van der Waals surface area (Å²) in [6, 6.07) is 11.2. The molecule has 30 heavy (non-hydrogen) atoms. The minimum atomic E-state index is -4.69. The average molecular weight is 455 g/mol. The van der Waals surface area contributed by atoms with Gasteiger partial charge in [-0.15, -0.1) is 11.8 Å². The number of anilines is 1. The van der Waals surface area contributed by atoms with Gasteiger partial charge in [0, 0.05) is 10.8 Å². The zero-order valence-corrected chi connectivity index (χ0v) is 16.9. The molecule has 3 aromatic rings. The van der Waals surface area contributed by atoms with Crippen LogP contribution in [0, 0.1) is 0 Å². The van der Waals surface area contributed by atoms with Gasteiger partial charge in [-0.25, -0.2) is 8.42 Å². The molecule has 3 aromatic carbocycles. The lowest BCUT2D eigenvalue weighted by molar-refractivity contribution is -0.137. The molecule has 0 aliphatic carbocycles. The van der Waals surface area contributed by atoms with Crippen LogP contribution in [0.1, 0.15) is 5.56 Å². The topological polar surface area (TPSA) is 86.6 Å². The van der Waals surface area contributed by atoms with E-state index in [9.17, 15) is 31.8 Å². The number of phenols is 1. The van der Waals surface area contributed by atoms with E-state index in [1.807, 2.05) is 0 Å². The second-order valence-electron chi connectivity index (χ2n) is 6.30. The number of aliphatic hydroxyl groups excluding tert-OH is 1. The molecule has 3 rings (SSSR count). The predicted molar refractivity (Wildman–Crippen MR) is 110 cm³/mol. The number of rotatable bonds is 6. The normalized spacial score (nSPS) is 12.1. The number of halogens is 3. The van der Waals surface area contributed by atoms with Crippen molar-refractivity contribution < 1.29 is 31.8 Å². The lowest BCUT2D eigenvalue weighted by Crippen LogP contribution is -2.15. The summed E-state index contributed by atoms with van der Waals surface area (Å²) in [4.78, 5) is -0.280. The summed E-state index contributed by atoms with van der Waals surface area (Å²) in [5, 5.41) is 20.5. The van der Waals surface area contributed by atoms with Crippen LogP contribution in [0.3, 0.4) is 0 Å². The van der Waals surface area contributed by atoms with Crippen molar-refractivity contribution in [1.29, 1.82) is 0 Å². The molecule has 0 heterocycles. The van der Waals surface area contributed by atoms with Crippen molar-refractivity contribution in [2.75, 3.05) is 10.5 Å². The number of benzene rings is 3. The SMILES string of the molecule is C=C(O)CSc1cc(NS(=O)(=O)c2cccc(C(F)(F)F)c2)c2ccccc2c1O. The number of hydrogen-bond acceptors (Lipinski definition) is 5. The highest BCUT2D eigenvalue weighted by atomic mass is 32.2. The minimum Gasteiger partial charge on any atom is -0.512 e. The molecule has 0 saturated heterocycles. The second-order valence-corrected chi connectivity index (χ2v) is 9.00. The summed E-state index contributed by atoms with van der Waals surface area (Å²) < 4.78 is 66.8. The molecule has 158 valence electrons. The Hall–Kier alpha value is -2.85. The zero-order chi connectivity index (χ0) is 22.1. The molecule has 0 bridgehead atoms. The van der Waals surface area contributed by atoms with Crippen LogP contribution in [-0.4, -0.2) is 24.4 Å². The Kier molecular flexibility index (Phi) is 5.91. The van der Waals surface area contributed by atoms with Gasteiger partial charge >= 0.3 is 6.18 Å². The summed E-state index contributed by atoms with van der Waals surface area (Å²) in [5.41, 5.74) is -1.01. The van der Waals surface area contributed by atoms with Crippen LogP contribution < -0.4 is 4.72 Å². The van der Waals surface area contributed by atoms with Crippen LogP contribution in [-0.2, 0) is 16.2 Å². The molecule has 5 nitrogen and oxygen atoms in total. The molecule has 0 fully saturated rings. The predicted octanol–water partition coefficient (Wildman–Crippen LogP) is 5.53. The first-order valence-corrected chi connectivity index (χ1v) is 10.9. The van der Waals surface area contributed by atoms with Crippen molar-refractivity contribution in [3.63, 3.8) is 0 Å². The van der Waals surface area contributed by atoms with Gasteiger partial charge in [-0.1, -0.05) is 36.9 Å². The summed E-state index contributed by atoms with van der Waals surface area (Å²) in [6.45, 7) is 3.36. The Morgan fingerprint density at radius 3 is 2.37 bits per heavy atom. The van der Waals surface area contributed by atoms with Gasteiger partial charge in [0.15, 0.2) is 0 Å². The summed E-state index contributed by atoms with van der Waals surface area (Å²) >= 11 is 1.03. The van der Waals surface area contributed by atoms with Gasteiger partial charge in [0.25, 0.3) is 10.0 Å². The van der Waals surface area contributed by atoms with E-state index in [-0.39, 0.29) is 27.8 Å². The Balaban J connectivity index is 2.08. The number of sulfonamides is 1. The standard InChI is InChI=1S/C20H16F3NO4S2/c1-12(25)11-29-18-10-17(15-7-2-3-8-16(15)19(18)26)24-30(27,28)14-6-4-5-13(9-14)20(21,22)23/h2-10,24-26H,1,11H2. The molecule has 0 amide bonds. The van der Waals surface area contributed by atoms with Crippen LogP contribution in [0.25, 0.3) is 10.8 Å². The van der Waals surface area contributed by atoms with Gasteiger partial charge < -0.3 is 10.2 Å². The number of phenolic OH excluding ortho intramolecular Hbond substituents is 1. The molecular formula is C20H16F3NO4S2. The van der Waals surface area contributed by atoms with Crippen molar-refractivity contribution >= 4 is 38.2 Å². The van der Waals surface area contributed by atoms with Gasteiger partial charge in [-0.05, 0) is 24.3 Å². The lowest BCUT2D eigenvalue weighted by Gasteiger charge is -2.15. The Morgan fingerprint density at radius 2 is 1.73 bits per heavy atom. The van der Waals surface area contributed by atoms with Gasteiger partial charge in [0.2, 0.25) is 0 Å². The van der Waals surface area contributed by atoms with Crippen molar-refractivity contribution in [2.24, 2.45) is 0 Å². The molecule has 0 aromatic heterocycles. The van der Waals surface area contributed by atoms with E-state index in [4.69, 9.17) is 0 Å². The molecule has 0 aliphatic heterocycles. The van der Waals surface area contributed by atoms with Gasteiger partial charge in [-0.3, -0.25) is 4.72 Å². The van der Waals surface area contributed by atoms with E-state index >= 15 is 0 Å². The van der Waals surface area contributed by atoms with E-state index in [0.29, 0.717) is 16.8 Å². The fourth-order valence-electron chi connectivity index (χ4n) is 2.73. The Morgan fingerprint density at radius 1 is 1.07 bits per heavy atom. The first-order valence-electron chi connectivity index (χ1n) is 8.43. The third-order valence-electron chi connectivity index (χ3n) is 4.09. The molecular weight excluding hydrogens is 439 g/mol. The maximum absolute atomic E-state index is 13.0. The fraction of sp³-hybridized carbons (Fsp3) is 0.100. The number of fused-ring (bicyclic) bond motifs is 1. The molecule has 0 spiro atoms. The molecule has 0 atom stereocenters. The Labute approximate surface area is 174 Å². The number of hydrogen-bond donors (Lipinski definition) is 3. The average Bonchev–Trinajstić information content (AvgIpc) is 2.68. The Bertz CT molecular complexity index is 1220. The highest BCUT2D eigenvalue weighted by Gasteiger charge is 2.31. The van der Waals surface area contributed by atoms with Crippen LogP contribution >= 0.6 is 11.8 Å². The van der Waals surface area contributed by atoms with Crippen LogP contribution in [0.5, 0.6) is 5.75 Å². The van der Waals surface area contributed by atoms with E-state index in [1.165, 1.54) is 6.07 Å². The molecule has 0 unspecified atom stereocenters. The van der Waals surface area contributed by atoms with Crippen LogP contribution in [0.4, 0.5) is 18.9 Å². The zero-order valence-electron chi connectivity index (χ0n) is 15.3. The first-order chi connectivity index (χ1) is 14.0. The highest BCUT2D eigenvalue weighted by Crippen LogP contribution is 2.41. The molecule has 0 aliphatic rings. The third-order valence-corrected chi connectivity index (χ3v) is 6.55. The molecule has 0 saturated carbocycles. The summed E-state index contributed by atoms with van der Waals surface area (Å²) in [6.07, 6.45) is -4.69. The number of nitrogens with one attached hydrogen (secondary N) is 1. The third kappa shape index (κ3) is 4.65. The van der Waals surface area contributed by atoms with Crippen molar-refractivity contribution in [3.8, 4) is 5.75 Å². The van der Waals surface area contributed by atoms with Crippen LogP contribution in [0.15, 0.2) is 76.7 Å². The highest BCUT2D eigenvalue weighted by molar-refractivity contribution is 7.99. The number of aromatic hydroxyl groups is 1. The number of aliphatic hydroxyl groups is 1. The number of thioether (sulfide) groups is 1. The smallest absolute Gasteiger partial charge is 0.416 e. The molecule has 10 heteroatoms. The first kappa shape index (κ1) is 21.8. The van der Waals surface area contributed by atoms with E-state index in [2.05, 4.69) is 11.3 Å². The van der Waals surface area contributed by atoms with Gasteiger partial charge in [0.05, 0.1) is 32.6 Å². The summed E-state index contributed by atoms with van der Waals surface area (Å²) in [5.74, 6) is -0.191. The quantitative estimate of drug-likeness (QED) is 0.259. The van der Waals surface area contributed by atoms with Crippen molar-refractivity contribution in [3.05, 3.63) is 72.5 Å². The van der Waals surface area contributed by atoms with Crippen LogP contribution in [0.2, 0.25) is 0 Å². The monoisotopic (exact) mass is 455 g/mol. The second kappa shape index (κ2) is 8.11. The summed E-state index contributed by atoms with van der Waals surface area (Å²) in [7, 11) is -4.36. The molecule has 3 N–H and O–H groups in total. The number of alkyl halides is 3. The maximum atomic E-state index is 13.0. The van der Waals surface area contributed by atoms with Crippen molar-refractivity contribution in [1.82, 2.24) is 0 Å². The van der Waals surface area contributed by atoms with E-state index < -0.39 is 26.7 Å². The minimum absolute atomic E-state index is 0.0612. The maximum Gasteiger partial charge on any atom is 0.416 e. The van der Waals surface area contributed by atoms with Gasteiger partial charge in [-0.2, -0.15) is 13.2 Å². The van der Waals surface area contributed by atoms with E-state index in [0.717, 1.165) is 30.0 Å². The molecule has 0 radical (unpaired) electrons. The van der Waals surface area contributed by atoms with Crippen molar-refractivity contribution in [2.45, 2.75) is 16.0 Å². The lowest BCUT2D eigenvalue weighted by atomic mass is 10.1.